The van der Waals surface area contributed by atoms with Gasteiger partial charge in [0.25, 0.3) is 5.91 Å². The molecule has 1 atom stereocenters. The van der Waals surface area contributed by atoms with Crippen LogP contribution in [0, 0.1) is 6.92 Å². The third-order valence-electron chi connectivity index (χ3n) is 4.50. The Labute approximate surface area is 167 Å². The molecule has 0 spiro atoms. The van der Waals surface area contributed by atoms with Crippen molar-refractivity contribution in [1.29, 1.82) is 0 Å². The lowest BCUT2D eigenvalue weighted by Gasteiger charge is -2.14. The van der Waals surface area contributed by atoms with Gasteiger partial charge in [-0.25, -0.2) is 0 Å². The van der Waals surface area contributed by atoms with Crippen molar-refractivity contribution in [3.63, 3.8) is 0 Å². The van der Waals surface area contributed by atoms with Gasteiger partial charge >= 0.3 is 0 Å². The number of nitrogens with zero attached hydrogens (tertiary/aromatic N) is 2. The molecule has 1 amide bonds. The molecule has 0 radical (unpaired) electrons. The molecule has 0 aliphatic heterocycles. The Kier molecular flexibility index (Phi) is 5.96. The van der Waals surface area contributed by atoms with Crippen LogP contribution in [0.5, 0.6) is 5.75 Å². The van der Waals surface area contributed by atoms with Crippen LogP contribution in [0.4, 0.5) is 0 Å². The molecule has 6 heteroatoms. The first-order valence-electron chi connectivity index (χ1n) is 8.70. The molecule has 3 rings (SSSR count). The molecule has 5 nitrogen and oxygen atoms in total. The average molecular weight is 428 g/mol. The summed E-state index contributed by atoms with van der Waals surface area (Å²) >= 11 is 3.40. The van der Waals surface area contributed by atoms with Gasteiger partial charge in [-0.1, -0.05) is 28.1 Å². The predicted octanol–water partition coefficient (Wildman–Crippen LogP) is 4.56. The minimum absolute atomic E-state index is 0.115. The molecule has 3 aromatic rings. The van der Waals surface area contributed by atoms with Crippen LogP contribution in [-0.4, -0.2) is 15.7 Å². The SMILES string of the molecule is Cc1c(C(C)NC(=O)c2cccc(COc3ccc(Br)cc3)c2)cnn1C. The smallest absolute Gasteiger partial charge is 0.251 e. The lowest BCUT2D eigenvalue weighted by atomic mass is 10.1. The molecule has 0 aliphatic rings. The third kappa shape index (κ3) is 4.77. The Morgan fingerprint density at radius 1 is 1.26 bits per heavy atom. The van der Waals surface area contributed by atoms with Crippen LogP contribution < -0.4 is 10.1 Å². The van der Waals surface area contributed by atoms with E-state index in [0.29, 0.717) is 12.2 Å². The van der Waals surface area contributed by atoms with Crippen molar-refractivity contribution in [3.05, 3.63) is 81.6 Å². The number of halogens is 1. The van der Waals surface area contributed by atoms with Gasteiger partial charge in [0, 0.05) is 28.3 Å². The zero-order valence-corrected chi connectivity index (χ0v) is 17.2. The lowest BCUT2D eigenvalue weighted by molar-refractivity contribution is 0.0939. The van der Waals surface area contributed by atoms with E-state index in [2.05, 4.69) is 26.3 Å². The second-order valence-corrected chi connectivity index (χ2v) is 7.36. The Morgan fingerprint density at radius 3 is 2.67 bits per heavy atom. The summed E-state index contributed by atoms with van der Waals surface area (Å²) in [6.07, 6.45) is 1.79. The number of rotatable bonds is 6. The van der Waals surface area contributed by atoms with E-state index >= 15 is 0 Å². The number of nitrogens with one attached hydrogen (secondary N) is 1. The highest BCUT2D eigenvalue weighted by Crippen LogP contribution is 2.19. The molecule has 0 saturated carbocycles. The minimum atomic E-state index is -0.117. The fraction of sp³-hybridized carbons (Fsp3) is 0.238. The van der Waals surface area contributed by atoms with Crippen molar-refractivity contribution in [2.75, 3.05) is 0 Å². The fourth-order valence-electron chi connectivity index (χ4n) is 2.80. The molecule has 140 valence electrons. The predicted molar refractivity (Wildman–Crippen MR) is 109 cm³/mol. The molecular weight excluding hydrogens is 406 g/mol. The first-order chi connectivity index (χ1) is 12.9. The molecular formula is C21H22BrN3O2. The molecule has 0 bridgehead atoms. The number of hydrogen-bond acceptors (Lipinski definition) is 3. The van der Waals surface area contributed by atoms with Gasteiger partial charge in [0.1, 0.15) is 12.4 Å². The van der Waals surface area contributed by atoms with E-state index in [1.807, 2.05) is 63.4 Å². The second-order valence-electron chi connectivity index (χ2n) is 6.45. The van der Waals surface area contributed by atoms with Gasteiger partial charge in [-0.2, -0.15) is 5.10 Å². The summed E-state index contributed by atoms with van der Waals surface area (Å²) in [5.74, 6) is 0.671. The highest BCUT2D eigenvalue weighted by molar-refractivity contribution is 9.10. The molecule has 0 fully saturated rings. The van der Waals surface area contributed by atoms with Crippen LogP contribution in [0.25, 0.3) is 0 Å². The fourth-order valence-corrected chi connectivity index (χ4v) is 3.06. The summed E-state index contributed by atoms with van der Waals surface area (Å²) in [6.45, 7) is 4.35. The number of ether oxygens (including phenoxy) is 1. The molecule has 1 aromatic heterocycles. The maximum Gasteiger partial charge on any atom is 0.251 e. The molecule has 0 saturated heterocycles. The van der Waals surface area contributed by atoms with Crippen LogP contribution in [0.2, 0.25) is 0 Å². The quantitative estimate of drug-likeness (QED) is 0.626. The zero-order chi connectivity index (χ0) is 19.4. The largest absolute Gasteiger partial charge is 0.489 e. The number of aromatic nitrogens is 2. The Morgan fingerprint density at radius 2 is 2.00 bits per heavy atom. The molecule has 1 heterocycles. The number of amides is 1. The first-order valence-corrected chi connectivity index (χ1v) is 9.50. The minimum Gasteiger partial charge on any atom is -0.489 e. The van der Waals surface area contributed by atoms with E-state index in [-0.39, 0.29) is 11.9 Å². The Balaban J connectivity index is 1.64. The van der Waals surface area contributed by atoms with Gasteiger partial charge in [0.05, 0.1) is 12.2 Å². The Hall–Kier alpha value is -2.60. The molecule has 1 N–H and O–H groups in total. The highest BCUT2D eigenvalue weighted by Gasteiger charge is 2.15. The number of hydrogen-bond donors (Lipinski definition) is 1. The van der Waals surface area contributed by atoms with Crippen molar-refractivity contribution < 1.29 is 9.53 Å². The average Bonchev–Trinajstić information content (AvgIpc) is 3.00. The van der Waals surface area contributed by atoms with E-state index in [1.54, 1.807) is 16.9 Å². The van der Waals surface area contributed by atoms with Crippen LogP contribution in [0.15, 0.2) is 59.2 Å². The lowest BCUT2D eigenvalue weighted by Crippen LogP contribution is -2.27. The van der Waals surface area contributed by atoms with Crippen molar-refractivity contribution in [2.45, 2.75) is 26.5 Å². The standard InChI is InChI=1S/C21H22BrN3O2/c1-14(20-12-23-25(3)15(20)2)24-21(26)17-6-4-5-16(11-17)13-27-19-9-7-18(22)8-10-19/h4-12,14H,13H2,1-3H3,(H,24,26). The molecule has 0 aliphatic carbocycles. The van der Waals surface area contributed by atoms with Gasteiger partial charge < -0.3 is 10.1 Å². The summed E-state index contributed by atoms with van der Waals surface area (Å²) in [6, 6.07) is 15.0. The van der Waals surface area contributed by atoms with E-state index in [4.69, 9.17) is 4.74 Å². The van der Waals surface area contributed by atoms with Gasteiger partial charge in [0.2, 0.25) is 0 Å². The number of aryl methyl sites for hydroxylation is 1. The van der Waals surface area contributed by atoms with Crippen molar-refractivity contribution in [1.82, 2.24) is 15.1 Å². The van der Waals surface area contributed by atoms with Crippen LogP contribution in [0.1, 0.15) is 40.1 Å². The van der Waals surface area contributed by atoms with Crippen molar-refractivity contribution in [2.24, 2.45) is 7.05 Å². The summed E-state index contributed by atoms with van der Waals surface area (Å²) in [7, 11) is 1.89. The van der Waals surface area contributed by atoms with Gasteiger partial charge in [-0.05, 0) is 55.8 Å². The van der Waals surface area contributed by atoms with E-state index in [1.165, 1.54) is 0 Å². The summed E-state index contributed by atoms with van der Waals surface area (Å²) < 4.78 is 8.60. The number of carbonyl (C=O) groups excluding carboxylic acids is 1. The van der Waals surface area contributed by atoms with Gasteiger partial charge in [-0.3, -0.25) is 9.48 Å². The van der Waals surface area contributed by atoms with E-state index in [0.717, 1.165) is 27.0 Å². The Bertz CT molecular complexity index is 935. The topological polar surface area (TPSA) is 56.1 Å². The van der Waals surface area contributed by atoms with Crippen LogP contribution in [-0.2, 0) is 13.7 Å². The van der Waals surface area contributed by atoms with Crippen LogP contribution in [0.3, 0.4) is 0 Å². The molecule has 1 unspecified atom stereocenters. The number of carbonyl (C=O) groups is 1. The van der Waals surface area contributed by atoms with E-state index < -0.39 is 0 Å². The summed E-state index contributed by atoms with van der Waals surface area (Å²) in [5.41, 5.74) is 3.61. The van der Waals surface area contributed by atoms with Crippen molar-refractivity contribution in [3.8, 4) is 5.75 Å². The highest BCUT2D eigenvalue weighted by atomic mass is 79.9. The molecule has 27 heavy (non-hydrogen) atoms. The summed E-state index contributed by atoms with van der Waals surface area (Å²) in [5, 5.41) is 7.27. The first kappa shape index (κ1) is 19.2. The monoisotopic (exact) mass is 427 g/mol. The molecule has 2 aromatic carbocycles. The van der Waals surface area contributed by atoms with E-state index in [9.17, 15) is 4.79 Å². The van der Waals surface area contributed by atoms with Crippen LogP contribution >= 0.6 is 15.9 Å². The maximum atomic E-state index is 12.6. The van der Waals surface area contributed by atoms with Crippen molar-refractivity contribution >= 4 is 21.8 Å². The van der Waals surface area contributed by atoms with Gasteiger partial charge in [0.15, 0.2) is 0 Å². The zero-order valence-electron chi connectivity index (χ0n) is 15.6. The second kappa shape index (κ2) is 8.39. The normalized spacial score (nSPS) is 11.9. The number of benzene rings is 2. The summed E-state index contributed by atoms with van der Waals surface area (Å²) in [4.78, 5) is 12.6. The van der Waals surface area contributed by atoms with Gasteiger partial charge in [-0.15, -0.1) is 0 Å². The third-order valence-corrected chi connectivity index (χ3v) is 5.02. The maximum absolute atomic E-state index is 12.6.